The Morgan fingerprint density at radius 3 is 2.53 bits per heavy atom. The first-order valence-electron chi connectivity index (χ1n) is 4.88. The molecular formula is C10H16N2O4S. The molecule has 17 heavy (non-hydrogen) atoms. The molecule has 0 saturated heterocycles. The van der Waals surface area contributed by atoms with Gasteiger partial charge >= 0.3 is 0 Å². The number of hydrogen-bond acceptors (Lipinski definition) is 5. The standard InChI is InChI=1S/C10H16N2O4S/c1-12(2)11-17(14,15)10-6-8(7-13)4-5-9(10)16-3/h4-6,11,13H,7H2,1-3H3. The number of nitrogens with one attached hydrogen (secondary N) is 1. The molecule has 2 N–H and O–H groups in total. The molecule has 0 aliphatic heterocycles. The molecule has 0 bridgehead atoms. The van der Waals surface area contributed by atoms with Crippen molar-refractivity contribution in [3.05, 3.63) is 23.8 Å². The minimum absolute atomic E-state index is 0.000231. The fourth-order valence-corrected chi connectivity index (χ4v) is 2.62. The van der Waals surface area contributed by atoms with Crippen LogP contribution in [0.25, 0.3) is 0 Å². The lowest BCUT2D eigenvalue weighted by atomic mass is 10.2. The van der Waals surface area contributed by atoms with Gasteiger partial charge in [-0.3, -0.25) is 0 Å². The topological polar surface area (TPSA) is 78.9 Å². The quantitative estimate of drug-likeness (QED) is 0.725. The van der Waals surface area contributed by atoms with Gasteiger partial charge in [-0.1, -0.05) is 6.07 Å². The summed E-state index contributed by atoms with van der Waals surface area (Å²) in [5.74, 6) is 0.233. The number of sulfonamides is 1. The molecule has 0 amide bonds. The largest absolute Gasteiger partial charge is 0.495 e. The number of ether oxygens (including phenoxy) is 1. The maximum atomic E-state index is 12.0. The third-order valence-electron chi connectivity index (χ3n) is 2.00. The van der Waals surface area contributed by atoms with Gasteiger partial charge in [0.2, 0.25) is 0 Å². The van der Waals surface area contributed by atoms with Crippen LogP contribution in [-0.4, -0.2) is 39.7 Å². The van der Waals surface area contributed by atoms with Crippen LogP contribution in [0.5, 0.6) is 5.75 Å². The first-order valence-corrected chi connectivity index (χ1v) is 6.36. The molecular weight excluding hydrogens is 244 g/mol. The molecule has 0 atom stereocenters. The zero-order valence-corrected chi connectivity index (χ0v) is 10.8. The summed E-state index contributed by atoms with van der Waals surface area (Å²) in [4.78, 5) is 2.31. The number of nitrogens with zero attached hydrogens (tertiary/aromatic N) is 1. The number of hydrazine groups is 1. The summed E-state index contributed by atoms with van der Waals surface area (Å²) >= 11 is 0. The van der Waals surface area contributed by atoms with Crippen molar-refractivity contribution in [2.75, 3.05) is 21.2 Å². The Bertz CT molecular complexity index is 485. The Kier molecular flexibility index (Phi) is 4.47. The summed E-state index contributed by atoms with van der Waals surface area (Å²) in [5.41, 5.74) is 0.505. The number of benzene rings is 1. The van der Waals surface area contributed by atoms with E-state index in [4.69, 9.17) is 9.84 Å². The summed E-state index contributed by atoms with van der Waals surface area (Å²) in [6, 6.07) is 4.49. The molecule has 0 unspecified atom stereocenters. The Hall–Kier alpha value is -1.15. The average Bonchev–Trinajstić information content (AvgIpc) is 2.26. The van der Waals surface area contributed by atoms with Gasteiger partial charge in [-0.05, 0) is 17.7 Å². The smallest absolute Gasteiger partial charge is 0.257 e. The second-order valence-corrected chi connectivity index (χ2v) is 5.26. The van der Waals surface area contributed by atoms with Gasteiger partial charge in [-0.2, -0.15) is 0 Å². The number of aliphatic hydroxyl groups is 1. The predicted octanol–water partition coefficient (Wildman–Crippen LogP) is -0.0576. The van der Waals surface area contributed by atoms with Gasteiger partial charge in [0, 0.05) is 14.1 Å². The van der Waals surface area contributed by atoms with Crippen molar-refractivity contribution in [3.8, 4) is 5.75 Å². The summed E-state index contributed by atoms with van der Waals surface area (Å²) < 4.78 is 28.9. The fourth-order valence-electron chi connectivity index (χ4n) is 1.32. The molecule has 1 aromatic carbocycles. The van der Waals surface area contributed by atoms with Gasteiger partial charge in [0.25, 0.3) is 10.0 Å². The van der Waals surface area contributed by atoms with Crippen molar-refractivity contribution in [2.45, 2.75) is 11.5 Å². The Morgan fingerprint density at radius 1 is 1.41 bits per heavy atom. The van der Waals surface area contributed by atoms with E-state index in [0.717, 1.165) is 0 Å². The van der Waals surface area contributed by atoms with Crippen LogP contribution in [0.15, 0.2) is 23.1 Å². The summed E-state index contributed by atoms with van der Waals surface area (Å²) in [7, 11) is 0.835. The van der Waals surface area contributed by atoms with Gasteiger partial charge in [0.15, 0.2) is 0 Å². The van der Waals surface area contributed by atoms with Gasteiger partial charge < -0.3 is 9.84 Å². The second kappa shape index (κ2) is 5.46. The lowest BCUT2D eigenvalue weighted by molar-refractivity contribution is 0.281. The molecule has 1 rings (SSSR count). The number of hydrogen-bond donors (Lipinski definition) is 2. The Morgan fingerprint density at radius 2 is 2.06 bits per heavy atom. The van der Waals surface area contributed by atoms with Crippen molar-refractivity contribution in [3.63, 3.8) is 0 Å². The summed E-state index contributed by atoms with van der Waals surface area (Å²) in [5, 5.41) is 10.3. The normalized spacial score (nSPS) is 11.8. The van der Waals surface area contributed by atoms with Crippen molar-refractivity contribution < 1.29 is 18.3 Å². The minimum atomic E-state index is -3.70. The minimum Gasteiger partial charge on any atom is -0.495 e. The molecule has 7 heteroatoms. The Balaban J connectivity index is 3.27. The SMILES string of the molecule is COc1ccc(CO)cc1S(=O)(=O)NN(C)C. The van der Waals surface area contributed by atoms with Crippen LogP contribution >= 0.6 is 0 Å². The predicted molar refractivity (Wildman–Crippen MR) is 62.9 cm³/mol. The second-order valence-electron chi connectivity index (χ2n) is 3.63. The maximum absolute atomic E-state index is 12.0. The third kappa shape index (κ3) is 3.40. The molecule has 0 saturated carbocycles. The van der Waals surface area contributed by atoms with Gasteiger partial charge in [-0.25, -0.2) is 13.4 Å². The van der Waals surface area contributed by atoms with E-state index < -0.39 is 10.0 Å². The number of rotatable bonds is 5. The lowest BCUT2D eigenvalue weighted by Crippen LogP contribution is -2.36. The van der Waals surface area contributed by atoms with Crippen LogP contribution in [0, 0.1) is 0 Å². The molecule has 0 spiro atoms. The highest BCUT2D eigenvalue weighted by Crippen LogP contribution is 2.24. The molecule has 0 aliphatic rings. The Labute approximate surface area is 101 Å². The van der Waals surface area contributed by atoms with Crippen molar-refractivity contribution >= 4 is 10.0 Å². The third-order valence-corrected chi connectivity index (χ3v) is 3.51. The zero-order chi connectivity index (χ0) is 13.1. The van der Waals surface area contributed by atoms with Crippen LogP contribution in [-0.2, 0) is 16.6 Å². The van der Waals surface area contributed by atoms with E-state index >= 15 is 0 Å². The summed E-state index contributed by atoms with van der Waals surface area (Å²) in [6.45, 7) is -0.228. The highest BCUT2D eigenvalue weighted by atomic mass is 32.2. The molecule has 6 nitrogen and oxygen atoms in total. The molecule has 0 radical (unpaired) electrons. The molecule has 1 aromatic rings. The molecule has 0 aliphatic carbocycles. The van der Waals surface area contributed by atoms with Crippen LogP contribution in [0.3, 0.4) is 0 Å². The van der Waals surface area contributed by atoms with E-state index in [9.17, 15) is 8.42 Å². The first-order chi connectivity index (χ1) is 7.90. The highest BCUT2D eigenvalue weighted by Gasteiger charge is 2.20. The van der Waals surface area contributed by atoms with E-state index in [1.807, 2.05) is 0 Å². The zero-order valence-electron chi connectivity index (χ0n) is 9.97. The van der Waals surface area contributed by atoms with Crippen molar-refractivity contribution in [2.24, 2.45) is 0 Å². The van der Waals surface area contributed by atoms with Crippen molar-refractivity contribution in [1.82, 2.24) is 9.84 Å². The molecule has 0 fully saturated rings. The molecule has 0 aromatic heterocycles. The molecule has 96 valence electrons. The monoisotopic (exact) mass is 260 g/mol. The lowest BCUT2D eigenvalue weighted by Gasteiger charge is -2.15. The average molecular weight is 260 g/mol. The van der Waals surface area contributed by atoms with Crippen LogP contribution in [0.4, 0.5) is 0 Å². The van der Waals surface area contributed by atoms with E-state index in [0.29, 0.717) is 5.56 Å². The van der Waals surface area contributed by atoms with E-state index in [-0.39, 0.29) is 17.3 Å². The summed E-state index contributed by atoms with van der Waals surface area (Å²) in [6.07, 6.45) is 0. The van der Waals surface area contributed by atoms with Gasteiger partial charge in [-0.15, -0.1) is 4.83 Å². The maximum Gasteiger partial charge on any atom is 0.257 e. The van der Waals surface area contributed by atoms with Crippen LogP contribution in [0.2, 0.25) is 0 Å². The number of methoxy groups -OCH3 is 1. The van der Waals surface area contributed by atoms with Crippen LogP contribution < -0.4 is 9.57 Å². The van der Waals surface area contributed by atoms with Crippen molar-refractivity contribution in [1.29, 1.82) is 0 Å². The van der Waals surface area contributed by atoms with E-state index in [1.54, 1.807) is 20.2 Å². The highest BCUT2D eigenvalue weighted by molar-refractivity contribution is 7.89. The number of aliphatic hydroxyl groups excluding tert-OH is 1. The first kappa shape index (κ1) is 13.9. The van der Waals surface area contributed by atoms with Gasteiger partial charge in [0.05, 0.1) is 13.7 Å². The molecule has 0 heterocycles. The fraction of sp³-hybridized carbons (Fsp3) is 0.400. The van der Waals surface area contributed by atoms with Gasteiger partial charge in [0.1, 0.15) is 10.6 Å². The van der Waals surface area contributed by atoms with E-state index in [2.05, 4.69) is 4.83 Å². The van der Waals surface area contributed by atoms with E-state index in [1.165, 1.54) is 24.3 Å². The van der Waals surface area contributed by atoms with Crippen LogP contribution in [0.1, 0.15) is 5.56 Å².